The zero-order valence-corrected chi connectivity index (χ0v) is 9.77. The first kappa shape index (κ1) is 10.5. The minimum Gasteiger partial charge on any atom is -0.389 e. The quantitative estimate of drug-likeness (QED) is 0.748. The van der Waals surface area contributed by atoms with Crippen LogP contribution in [0, 0.1) is 17.3 Å². The van der Waals surface area contributed by atoms with Crippen LogP contribution in [-0.2, 0) is 0 Å². The van der Waals surface area contributed by atoms with Gasteiger partial charge in [0.1, 0.15) is 0 Å². The first-order valence-corrected chi connectivity index (χ1v) is 5.81. The fourth-order valence-corrected chi connectivity index (χ4v) is 3.95. The number of hydrogen-bond donors (Lipinski definition) is 1. The first-order valence-electron chi connectivity index (χ1n) is 5.43. The number of hydrogen-bond acceptors (Lipinski definition) is 1. The lowest BCUT2D eigenvalue weighted by Crippen LogP contribution is -2.48. The van der Waals surface area contributed by atoms with E-state index in [1.165, 1.54) is 19.3 Å². The van der Waals surface area contributed by atoms with Crippen molar-refractivity contribution in [1.29, 1.82) is 0 Å². The Balaban J connectivity index is 2.29. The third kappa shape index (κ3) is 1.18. The second-order valence-corrected chi connectivity index (χ2v) is 6.00. The summed E-state index contributed by atoms with van der Waals surface area (Å²) in [6.45, 7) is 7.92. The van der Waals surface area contributed by atoms with Gasteiger partial charge in [-0.1, -0.05) is 25.1 Å². The first-order chi connectivity index (χ1) is 6.38. The predicted octanol–water partition coefficient (Wildman–Crippen LogP) is 3.32. The standard InChI is InChI=1S/C12H19ClO/c1-8(13)7-11(2)9-4-5-10(6-9)12(11,3)14/h9-10,14H,1,4-7H2,2-3H3/t9-,10+,11+,12+/m1/s1. The Kier molecular flexibility index (Phi) is 2.24. The number of halogens is 1. The number of allylic oxidation sites excluding steroid dienone is 1. The second kappa shape index (κ2) is 2.99. The molecule has 2 saturated carbocycles. The summed E-state index contributed by atoms with van der Waals surface area (Å²) in [5.41, 5.74) is -0.595. The molecule has 14 heavy (non-hydrogen) atoms. The van der Waals surface area contributed by atoms with E-state index in [0.29, 0.717) is 16.9 Å². The Morgan fingerprint density at radius 2 is 2.00 bits per heavy atom. The van der Waals surface area contributed by atoms with E-state index < -0.39 is 5.60 Å². The Labute approximate surface area is 91.1 Å². The summed E-state index contributed by atoms with van der Waals surface area (Å²) in [6.07, 6.45) is 4.36. The van der Waals surface area contributed by atoms with Gasteiger partial charge in [0.25, 0.3) is 0 Å². The van der Waals surface area contributed by atoms with E-state index in [1.807, 2.05) is 6.92 Å². The summed E-state index contributed by atoms with van der Waals surface area (Å²) < 4.78 is 0. The average Bonchev–Trinajstić information content (AvgIpc) is 2.54. The Morgan fingerprint density at radius 3 is 2.43 bits per heavy atom. The molecule has 1 N–H and O–H groups in total. The largest absolute Gasteiger partial charge is 0.389 e. The molecule has 2 fully saturated rings. The molecule has 2 aliphatic rings. The summed E-state index contributed by atoms with van der Waals surface area (Å²) in [7, 11) is 0. The summed E-state index contributed by atoms with van der Waals surface area (Å²) in [6, 6.07) is 0. The highest BCUT2D eigenvalue weighted by Gasteiger charge is 2.61. The van der Waals surface area contributed by atoms with Crippen molar-refractivity contribution in [3.05, 3.63) is 11.6 Å². The Morgan fingerprint density at radius 1 is 1.43 bits per heavy atom. The van der Waals surface area contributed by atoms with Gasteiger partial charge in [-0.05, 0) is 44.4 Å². The molecule has 0 aromatic heterocycles. The van der Waals surface area contributed by atoms with Gasteiger partial charge in [0.2, 0.25) is 0 Å². The van der Waals surface area contributed by atoms with E-state index in [2.05, 4.69) is 13.5 Å². The van der Waals surface area contributed by atoms with Crippen LogP contribution < -0.4 is 0 Å². The van der Waals surface area contributed by atoms with E-state index in [-0.39, 0.29) is 5.41 Å². The molecule has 0 heterocycles. The SMILES string of the molecule is C=C(Cl)C[C@@]1(C)[C@@H]2CC[C@@H](C2)[C@]1(C)O. The number of aliphatic hydroxyl groups is 1. The van der Waals surface area contributed by atoms with Crippen molar-refractivity contribution in [3.8, 4) is 0 Å². The van der Waals surface area contributed by atoms with Gasteiger partial charge in [-0.15, -0.1) is 0 Å². The highest BCUT2D eigenvalue weighted by atomic mass is 35.5. The van der Waals surface area contributed by atoms with Crippen molar-refractivity contribution < 1.29 is 5.11 Å². The van der Waals surface area contributed by atoms with Crippen molar-refractivity contribution in [2.75, 3.05) is 0 Å². The van der Waals surface area contributed by atoms with Gasteiger partial charge in [0.05, 0.1) is 5.60 Å². The van der Waals surface area contributed by atoms with E-state index in [0.717, 1.165) is 6.42 Å². The molecule has 1 nitrogen and oxygen atoms in total. The fraction of sp³-hybridized carbons (Fsp3) is 0.833. The molecule has 0 aromatic rings. The van der Waals surface area contributed by atoms with Gasteiger partial charge < -0.3 is 5.11 Å². The molecular formula is C12H19ClO. The maximum absolute atomic E-state index is 10.6. The zero-order chi connectivity index (χ0) is 10.6. The molecule has 2 aliphatic carbocycles. The summed E-state index contributed by atoms with van der Waals surface area (Å²) >= 11 is 5.91. The molecule has 2 bridgehead atoms. The van der Waals surface area contributed by atoms with Crippen LogP contribution in [0.5, 0.6) is 0 Å². The summed E-state index contributed by atoms with van der Waals surface area (Å²) in [4.78, 5) is 0. The minimum absolute atomic E-state index is 0.0469. The van der Waals surface area contributed by atoms with Crippen LogP contribution in [0.2, 0.25) is 0 Å². The lowest BCUT2D eigenvalue weighted by atomic mass is 9.63. The van der Waals surface area contributed by atoms with Crippen LogP contribution in [-0.4, -0.2) is 10.7 Å². The minimum atomic E-state index is -0.548. The maximum Gasteiger partial charge on any atom is 0.0707 e. The van der Waals surface area contributed by atoms with Gasteiger partial charge in [-0.3, -0.25) is 0 Å². The van der Waals surface area contributed by atoms with Gasteiger partial charge in [0, 0.05) is 10.4 Å². The van der Waals surface area contributed by atoms with Crippen LogP contribution in [0.15, 0.2) is 11.6 Å². The van der Waals surface area contributed by atoms with Gasteiger partial charge in [-0.2, -0.15) is 0 Å². The van der Waals surface area contributed by atoms with Crippen molar-refractivity contribution in [2.24, 2.45) is 17.3 Å². The second-order valence-electron chi connectivity index (χ2n) is 5.47. The smallest absolute Gasteiger partial charge is 0.0707 e. The molecule has 0 aromatic carbocycles. The van der Waals surface area contributed by atoms with E-state index >= 15 is 0 Å². The van der Waals surface area contributed by atoms with Gasteiger partial charge >= 0.3 is 0 Å². The predicted molar refractivity (Wildman–Crippen MR) is 59.2 cm³/mol. The van der Waals surface area contributed by atoms with Gasteiger partial charge in [0.15, 0.2) is 0 Å². The normalized spacial score (nSPS) is 51.1. The Hall–Kier alpha value is -0.0100. The van der Waals surface area contributed by atoms with Crippen LogP contribution in [0.25, 0.3) is 0 Å². The molecule has 0 aliphatic heterocycles. The van der Waals surface area contributed by atoms with Crippen molar-refractivity contribution in [2.45, 2.75) is 45.1 Å². The van der Waals surface area contributed by atoms with E-state index in [1.54, 1.807) is 0 Å². The molecule has 2 rings (SSSR count). The van der Waals surface area contributed by atoms with E-state index in [9.17, 15) is 5.11 Å². The van der Waals surface area contributed by atoms with Crippen LogP contribution in [0.3, 0.4) is 0 Å². The fourth-order valence-electron chi connectivity index (χ4n) is 3.67. The molecule has 0 saturated heterocycles. The third-order valence-electron chi connectivity index (χ3n) is 4.84. The Bertz CT molecular complexity index is 271. The van der Waals surface area contributed by atoms with Gasteiger partial charge in [-0.25, -0.2) is 0 Å². The number of fused-ring (bicyclic) bond motifs is 2. The van der Waals surface area contributed by atoms with Crippen LogP contribution >= 0.6 is 11.6 Å². The molecule has 0 amide bonds. The molecule has 4 atom stereocenters. The molecular weight excluding hydrogens is 196 g/mol. The molecule has 80 valence electrons. The summed E-state index contributed by atoms with van der Waals surface area (Å²) in [5, 5.41) is 11.2. The molecule has 0 radical (unpaired) electrons. The lowest BCUT2D eigenvalue weighted by molar-refractivity contribution is -0.0991. The maximum atomic E-state index is 10.6. The van der Waals surface area contributed by atoms with Crippen molar-refractivity contribution >= 4 is 11.6 Å². The topological polar surface area (TPSA) is 20.2 Å². The zero-order valence-electron chi connectivity index (χ0n) is 9.02. The number of rotatable bonds is 2. The highest BCUT2D eigenvalue weighted by Crippen LogP contribution is 2.63. The van der Waals surface area contributed by atoms with E-state index in [4.69, 9.17) is 11.6 Å². The summed E-state index contributed by atoms with van der Waals surface area (Å²) in [5.74, 6) is 1.12. The van der Waals surface area contributed by atoms with Crippen molar-refractivity contribution in [3.63, 3.8) is 0 Å². The average molecular weight is 215 g/mol. The molecule has 2 heteroatoms. The van der Waals surface area contributed by atoms with Crippen molar-refractivity contribution in [1.82, 2.24) is 0 Å². The third-order valence-corrected chi connectivity index (χ3v) is 4.98. The molecule has 0 unspecified atom stereocenters. The highest BCUT2D eigenvalue weighted by molar-refractivity contribution is 6.29. The monoisotopic (exact) mass is 214 g/mol. The van der Waals surface area contributed by atoms with Crippen LogP contribution in [0.1, 0.15) is 39.5 Å². The molecule has 0 spiro atoms. The van der Waals surface area contributed by atoms with Crippen LogP contribution in [0.4, 0.5) is 0 Å². The lowest BCUT2D eigenvalue weighted by Gasteiger charge is -2.46.